The van der Waals surface area contributed by atoms with Crippen LogP contribution in [0.2, 0.25) is 0 Å². The first kappa shape index (κ1) is 11.5. The van der Waals surface area contributed by atoms with Crippen LogP contribution in [0.15, 0.2) is 42.7 Å². The van der Waals surface area contributed by atoms with Gasteiger partial charge in [0.1, 0.15) is 6.33 Å². The Hall–Kier alpha value is -2.56. The lowest BCUT2D eigenvalue weighted by Gasteiger charge is -2.07. The molecule has 0 spiro atoms. The molecule has 0 saturated heterocycles. The van der Waals surface area contributed by atoms with Gasteiger partial charge in [-0.3, -0.25) is 4.57 Å². The lowest BCUT2D eigenvalue weighted by molar-refractivity contribution is 0.386. The molecule has 0 aliphatic rings. The number of aromatic nitrogens is 2. The number of nitrogens with zero attached hydrogens (tertiary/aromatic N) is 2. The number of nitrogens with two attached hydrogens (primary N) is 1. The molecular formula is C14H12FN3O. The maximum absolute atomic E-state index is 13.4. The number of benzene rings is 2. The van der Waals surface area contributed by atoms with E-state index in [1.807, 2.05) is 10.6 Å². The van der Waals surface area contributed by atoms with Gasteiger partial charge in [0.25, 0.3) is 0 Å². The number of rotatable bonds is 2. The molecule has 0 radical (unpaired) electrons. The summed E-state index contributed by atoms with van der Waals surface area (Å²) >= 11 is 0. The van der Waals surface area contributed by atoms with Crippen molar-refractivity contribution in [3.05, 3.63) is 48.5 Å². The molecule has 2 aromatic carbocycles. The summed E-state index contributed by atoms with van der Waals surface area (Å²) in [6.07, 6.45) is 1.68. The van der Waals surface area contributed by atoms with E-state index in [-0.39, 0.29) is 11.6 Å². The molecule has 0 aliphatic carbocycles. The van der Waals surface area contributed by atoms with Crippen LogP contribution >= 0.6 is 0 Å². The first-order valence-corrected chi connectivity index (χ1v) is 5.75. The molecule has 0 fully saturated rings. The van der Waals surface area contributed by atoms with Crippen LogP contribution in [0.3, 0.4) is 0 Å². The van der Waals surface area contributed by atoms with E-state index in [1.165, 1.54) is 13.2 Å². The first-order valence-electron chi connectivity index (χ1n) is 5.75. The van der Waals surface area contributed by atoms with Crippen LogP contribution in [-0.2, 0) is 0 Å². The quantitative estimate of drug-likeness (QED) is 0.718. The van der Waals surface area contributed by atoms with E-state index in [0.29, 0.717) is 5.69 Å². The zero-order chi connectivity index (χ0) is 13.4. The van der Waals surface area contributed by atoms with Gasteiger partial charge in [0, 0.05) is 11.8 Å². The zero-order valence-electron chi connectivity index (χ0n) is 10.3. The van der Waals surface area contributed by atoms with Crippen LogP contribution in [-0.4, -0.2) is 16.7 Å². The predicted octanol–water partition coefficient (Wildman–Crippen LogP) is 2.76. The van der Waals surface area contributed by atoms with Crippen LogP contribution in [0.4, 0.5) is 10.1 Å². The average Bonchev–Trinajstić information content (AvgIpc) is 2.82. The van der Waals surface area contributed by atoms with Crippen LogP contribution in [0, 0.1) is 5.82 Å². The summed E-state index contributed by atoms with van der Waals surface area (Å²) in [7, 11) is 1.44. The molecule has 3 aromatic rings. The van der Waals surface area contributed by atoms with Crippen LogP contribution in [0.25, 0.3) is 16.7 Å². The third kappa shape index (κ3) is 1.89. The van der Waals surface area contributed by atoms with E-state index in [4.69, 9.17) is 10.5 Å². The van der Waals surface area contributed by atoms with Crippen LogP contribution in [0.1, 0.15) is 0 Å². The smallest absolute Gasteiger partial charge is 0.165 e. The van der Waals surface area contributed by atoms with Gasteiger partial charge in [-0.15, -0.1) is 0 Å². The van der Waals surface area contributed by atoms with Crippen LogP contribution in [0.5, 0.6) is 5.75 Å². The predicted molar refractivity (Wildman–Crippen MR) is 72.0 cm³/mol. The Morgan fingerprint density at radius 3 is 2.84 bits per heavy atom. The van der Waals surface area contributed by atoms with Gasteiger partial charge < -0.3 is 10.5 Å². The third-order valence-electron chi connectivity index (χ3n) is 2.98. The highest BCUT2D eigenvalue weighted by molar-refractivity contribution is 5.80. The number of ether oxygens (including phenoxy) is 1. The van der Waals surface area contributed by atoms with Gasteiger partial charge in [-0.25, -0.2) is 9.37 Å². The number of nitrogen functional groups attached to an aromatic ring is 1. The number of hydrogen-bond donors (Lipinski definition) is 1. The molecular weight excluding hydrogens is 245 g/mol. The molecule has 0 aliphatic heterocycles. The molecule has 0 amide bonds. The molecule has 5 heteroatoms. The average molecular weight is 257 g/mol. The van der Waals surface area contributed by atoms with Crippen LogP contribution < -0.4 is 10.5 Å². The summed E-state index contributed by atoms with van der Waals surface area (Å²) in [5, 5.41) is 0. The second-order valence-corrected chi connectivity index (χ2v) is 4.18. The topological polar surface area (TPSA) is 53.1 Å². The van der Waals surface area contributed by atoms with E-state index in [2.05, 4.69) is 4.98 Å². The van der Waals surface area contributed by atoms with Gasteiger partial charge in [-0.2, -0.15) is 0 Å². The molecule has 2 N–H and O–H groups in total. The van der Waals surface area contributed by atoms with Gasteiger partial charge >= 0.3 is 0 Å². The van der Waals surface area contributed by atoms with Crippen molar-refractivity contribution in [1.82, 2.24) is 9.55 Å². The van der Waals surface area contributed by atoms with E-state index in [1.54, 1.807) is 30.6 Å². The normalized spacial score (nSPS) is 10.8. The fourth-order valence-corrected chi connectivity index (χ4v) is 2.03. The van der Waals surface area contributed by atoms with Crippen molar-refractivity contribution in [2.24, 2.45) is 0 Å². The summed E-state index contributed by atoms with van der Waals surface area (Å²) < 4.78 is 20.3. The van der Waals surface area contributed by atoms with Gasteiger partial charge in [0.05, 0.1) is 23.8 Å². The fourth-order valence-electron chi connectivity index (χ4n) is 2.03. The molecule has 0 saturated carbocycles. The SMILES string of the molecule is COc1cc(-n2cnc3cc(N)ccc32)ccc1F. The molecule has 1 heterocycles. The Kier molecular flexibility index (Phi) is 2.59. The number of hydrogen-bond acceptors (Lipinski definition) is 3. The third-order valence-corrected chi connectivity index (χ3v) is 2.98. The Labute approximate surface area is 109 Å². The van der Waals surface area contributed by atoms with Crippen molar-refractivity contribution < 1.29 is 9.13 Å². The van der Waals surface area contributed by atoms with Gasteiger partial charge in [0.2, 0.25) is 0 Å². The minimum absolute atomic E-state index is 0.204. The maximum Gasteiger partial charge on any atom is 0.165 e. The summed E-state index contributed by atoms with van der Waals surface area (Å²) in [5.41, 5.74) is 8.86. The number of imidazole rings is 1. The van der Waals surface area contributed by atoms with E-state index >= 15 is 0 Å². The number of methoxy groups -OCH3 is 1. The summed E-state index contributed by atoms with van der Waals surface area (Å²) in [5.74, 6) is -0.185. The molecule has 1 aromatic heterocycles. The van der Waals surface area contributed by atoms with Gasteiger partial charge in [0.15, 0.2) is 11.6 Å². The molecule has 96 valence electrons. The Morgan fingerprint density at radius 1 is 1.21 bits per heavy atom. The maximum atomic E-state index is 13.4. The van der Waals surface area contributed by atoms with Crippen molar-refractivity contribution in [3.63, 3.8) is 0 Å². The number of halogens is 1. The Morgan fingerprint density at radius 2 is 2.05 bits per heavy atom. The minimum Gasteiger partial charge on any atom is -0.494 e. The van der Waals surface area contributed by atoms with E-state index in [0.717, 1.165) is 16.7 Å². The summed E-state index contributed by atoms with van der Waals surface area (Å²) in [6.45, 7) is 0. The number of anilines is 1. The largest absolute Gasteiger partial charge is 0.494 e. The lowest BCUT2D eigenvalue weighted by atomic mass is 10.2. The molecule has 19 heavy (non-hydrogen) atoms. The van der Waals surface area contributed by atoms with Crippen molar-refractivity contribution in [2.75, 3.05) is 12.8 Å². The highest BCUT2D eigenvalue weighted by Crippen LogP contribution is 2.24. The first-order chi connectivity index (χ1) is 9.19. The Balaban J connectivity index is 2.19. The Bertz CT molecular complexity index is 752. The van der Waals surface area contributed by atoms with Gasteiger partial charge in [-0.05, 0) is 30.3 Å². The monoisotopic (exact) mass is 257 g/mol. The highest BCUT2D eigenvalue weighted by Gasteiger charge is 2.08. The lowest BCUT2D eigenvalue weighted by Crippen LogP contribution is -1.95. The van der Waals surface area contributed by atoms with Crippen molar-refractivity contribution in [2.45, 2.75) is 0 Å². The molecule has 0 atom stereocenters. The molecule has 4 nitrogen and oxygen atoms in total. The number of fused-ring (bicyclic) bond motifs is 1. The second kappa shape index (κ2) is 4.28. The summed E-state index contributed by atoms with van der Waals surface area (Å²) in [4.78, 5) is 4.28. The van der Waals surface area contributed by atoms with E-state index < -0.39 is 0 Å². The van der Waals surface area contributed by atoms with Crippen molar-refractivity contribution in [1.29, 1.82) is 0 Å². The van der Waals surface area contributed by atoms with E-state index in [9.17, 15) is 4.39 Å². The van der Waals surface area contributed by atoms with Gasteiger partial charge in [-0.1, -0.05) is 0 Å². The standard InChI is InChI=1S/C14H12FN3O/c1-19-14-7-10(3-4-11(14)15)18-8-17-12-6-9(16)2-5-13(12)18/h2-8H,16H2,1H3. The zero-order valence-corrected chi connectivity index (χ0v) is 10.3. The molecule has 0 bridgehead atoms. The summed E-state index contributed by atoms with van der Waals surface area (Å²) in [6, 6.07) is 10.2. The minimum atomic E-state index is -0.389. The molecule has 3 rings (SSSR count). The fraction of sp³-hybridized carbons (Fsp3) is 0.0714. The highest BCUT2D eigenvalue weighted by atomic mass is 19.1. The van der Waals surface area contributed by atoms with Crippen molar-refractivity contribution in [3.8, 4) is 11.4 Å². The van der Waals surface area contributed by atoms with Crippen molar-refractivity contribution >= 4 is 16.7 Å². The molecule has 0 unspecified atom stereocenters. The second-order valence-electron chi connectivity index (χ2n) is 4.18.